The van der Waals surface area contributed by atoms with E-state index >= 15 is 0 Å². The summed E-state index contributed by atoms with van der Waals surface area (Å²) >= 11 is 6.10. The molecule has 1 N–H and O–H groups in total. The number of fused-ring (bicyclic) bond motifs is 1. The molecule has 0 spiro atoms. The van der Waals surface area contributed by atoms with Crippen molar-refractivity contribution >= 4 is 28.6 Å². The van der Waals surface area contributed by atoms with Crippen molar-refractivity contribution < 1.29 is 9.32 Å². The Bertz CT molecular complexity index is 979. The minimum atomic E-state index is -0.679. The molecule has 1 amide bonds. The minimum absolute atomic E-state index is 0.171. The first kappa shape index (κ1) is 17.2. The predicted octanol–water partition coefficient (Wildman–Crippen LogP) is 2.61. The molecule has 0 saturated carbocycles. The molecule has 0 fully saturated rings. The number of hydrogen-bond donors (Lipinski definition) is 1. The molecular weight excluding hydrogens is 344 g/mol. The number of nitrogens with zero attached hydrogens (tertiary/aromatic N) is 3. The molecule has 2 heterocycles. The number of carbonyl (C=O) groups is 1. The van der Waals surface area contributed by atoms with Gasteiger partial charge in [-0.25, -0.2) is 4.98 Å². The van der Waals surface area contributed by atoms with Gasteiger partial charge in [0.2, 0.25) is 5.91 Å². The molecule has 130 valence electrons. The van der Waals surface area contributed by atoms with Crippen LogP contribution in [0.1, 0.15) is 30.6 Å². The average molecular weight is 361 g/mol. The van der Waals surface area contributed by atoms with Gasteiger partial charge in [0.25, 0.3) is 11.3 Å². The molecule has 0 radical (unpaired) electrons. The maximum Gasteiger partial charge on any atom is 0.267 e. The van der Waals surface area contributed by atoms with Gasteiger partial charge in [-0.05, 0) is 25.0 Å². The second kappa shape index (κ2) is 7.06. The van der Waals surface area contributed by atoms with E-state index in [4.69, 9.17) is 16.1 Å². The van der Waals surface area contributed by atoms with E-state index in [1.165, 1.54) is 10.9 Å². The fourth-order valence-electron chi connectivity index (χ4n) is 2.66. The Morgan fingerprint density at radius 1 is 1.40 bits per heavy atom. The van der Waals surface area contributed by atoms with Crippen LogP contribution < -0.4 is 10.9 Å². The third-order valence-electron chi connectivity index (χ3n) is 4.03. The number of benzene rings is 1. The Morgan fingerprint density at radius 2 is 2.16 bits per heavy atom. The third-order valence-corrected chi connectivity index (χ3v) is 4.40. The number of nitrogens with one attached hydrogen (secondary N) is 1. The first-order valence-electron chi connectivity index (χ1n) is 7.87. The zero-order valence-electron chi connectivity index (χ0n) is 13.8. The molecule has 0 aliphatic carbocycles. The molecule has 3 aromatic rings. The predicted molar refractivity (Wildman–Crippen MR) is 93.4 cm³/mol. The van der Waals surface area contributed by atoms with Gasteiger partial charge in [-0.1, -0.05) is 41.9 Å². The molecule has 1 aromatic carbocycles. The van der Waals surface area contributed by atoms with Gasteiger partial charge in [0.05, 0.1) is 5.69 Å². The lowest BCUT2D eigenvalue weighted by Crippen LogP contribution is -2.37. The number of amides is 1. The first-order valence-corrected chi connectivity index (χ1v) is 8.25. The van der Waals surface area contributed by atoms with E-state index in [1.807, 2.05) is 25.1 Å². The van der Waals surface area contributed by atoms with Crippen LogP contribution in [0.4, 0.5) is 0 Å². The van der Waals surface area contributed by atoms with Crippen LogP contribution in [0, 0.1) is 6.92 Å². The molecule has 0 aliphatic rings. The van der Waals surface area contributed by atoms with Gasteiger partial charge < -0.3 is 9.84 Å². The number of carbonyl (C=O) groups excluding carboxylic acids is 1. The summed E-state index contributed by atoms with van der Waals surface area (Å²) in [6.45, 7) is 3.78. The molecule has 1 atom stereocenters. The van der Waals surface area contributed by atoms with Crippen molar-refractivity contribution in [3.05, 3.63) is 57.2 Å². The Hall–Kier alpha value is -2.67. The molecule has 25 heavy (non-hydrogen) atoms. The standard InChI is InChI=1S/C17H17ClN4O3/c1-3-13(15(23)19-8-11-6-4-5-7-12(11)18)22-9-20-16-14(17(22)24)10(2)21-25-16/h4-7,9,13H,3,8H2,1-2H3,(H,19,23)/t13-/m1/s1. The summed E-state index contributed by atoms with van der Waals surface area (Å²) in [4.78, 5) is 29.3. The molecule has 7 nitrogen and oxygen atoms in total. The minimum Gasteiger partial charge on any atom is -0.350 e. The normalized spacial score (nSPS) is 12.3. The van der Waals surface area contributed by atoms with Gasteiger partial charge in [-0.2, -0.15) is 0 Å². The summed E-state index contributed by atoms with van der Waals surface area (Å²) in [6, 6.07) is 6.59. The number of halogens is 1. The quantitative estimate of drug-likeness (QED) is 0.755. The highest BCUT2D eigenvalue weighted by atomic mass is 35.5. The highest BCUT2D eigenvalue weighted by molar-refractivity contribution is 6.31. The van der Waals surface area contributed by atoms with Crippen LogP contribution in [0.5, 0.6) is 0 Å². The van der Waals surface area contributed by atoms with E-state index in [2.05, 4.69) is 15.5 Å². The van der Waals surface area contributed by atoms with Crippen LogP contribution in [0.3, 0.4) is 0 Å². The monoisotopic (exact) mass is 360 g/mol. The van der Waals surface area contributed by atoms with Crippen LogP contribution >= 0.6 is 11.6 Å². The molecule has 0 unspecified atom stereocenters. The SMILES string of the molecule is CC[C@H](C(=O)NCc1ccccc1Cl)n1cnc2onc(C)c2c1=O. The fraction of sp³-hybridized carbons (Fsp3) is 0.294. The highest BCUT2D eigenvalue weighted by Gasteiger charge is 2.22. The zero-order chi connectivity index (χ0) is 18.0. The molecule has 8 heteroatoms. The van der Waals surface area contributed by atoms with E-state index in [1.54, 1.807) is 13.0 Å². The van der Waals surface area contributed by atoms with Gasteiger partial charge in [-0.3, -0.25) is 14.2 Å². The Labute approximate surface area is 148 Å². The number of rotatable bonds is 5. The summed E-state index contributed by atoms with van der Waals surface area (Å²) in [5.74, 6) is -0.278. The topological polar surface area (TPSA) is 90.0 Å². The Kier molecular flexibility index (Phi) is 4.85. The average Bonchev–Trinajstić information content (AvgIpc) is 2.98. The summed E-state index contributed by atoms with van der Waals surface area (Å²) < 4.78 is 6.30. The van der Waals surface area contributed by atoms with E-state index in [-0.39, 0.29) is 23.7 Å². The lowest BCUT2D eigenvalue weighted by Gasteiger charge is -2.17. The molecule has 0 saturated heterocycles. The summed E-state index contributed by atoms with van der Waals surface area (Å²) in [5, 5.41) is 7.44. The molecule has 0 aliphatic heterocycles. The molecular formula is C17H17ClN4O3. The van der Waals surface area contributed by atoms with Crippen molar-refractivity contribution in [3.8, 4) is 0 Å². The van der Waals surface area contributed by atoms with E-state index in [9.17, 15) is 9.59 Å². The van der Waals surface area contributed by atoms with Crippen LogP contribution in [0.15, 0.2) is 39.9 Å². The van der Waals surface area contributed by atoms with Gasteiger partial charge in [-0.15, -0.1) is 0 Å². The fourth-order valence-corrected chi connectivity index (χ4v) is 2.86. The molecule has 2 aromatic heterocycles. The smallest absolute Gasteiger partial charge is 0.267 e. The van der Waals surface area contributed by atoms with E-state index in [0.717, 1.165) is 5.56 Å². The summed E-state index contributed by atoms with van der Waals surface area (Å²) in [7, 11) is 0. The summed E-state index contributed by atoms with van der Waals surface area (Å²) in [5.41, 5.74) is 1.09. The highest BCUT2D eigenvalue weighted by Crippen LogP contribution is 2.16. The van der Waals surface area contributed by atoms with Gasteiger partial charge in [0.1, 0.15) is 17.8 Å². The molecule has 3 rings (SSSR count). The lowest BCUT2D eigenvalue weighted by atomic mass is 10.1. The number of aromatic nitrogens is 3. The van der Waals surface area contributed by atoms with Crippen molar-refractivity contribution in [3.63, 3.8) is 0 Å². The van der Waals surface area contributed by atoms with Gasteiger partial charge in [0, 0.05) is 11.6 Å². The maximum atomic E-state index is 12.7. The zero-order valence-corrected chi connectivity index (χ0v) is 14.6. The van der Waals surface area contributed by atoms with Gasteiger partial charge in [0.15, 0.2) is 0 Å². The number of hydrogen-bond acceptors (Lipinski definition) is 5. The lowest BCUT2D eigenvalue weighted by molar-refractivity contribution is -0.124. The van der Waals surface area contributed by atoms with Crippen molar-refractivity contribution in [1.29, 1.82) is 0 Å². The van der Waals surface area contributed by atoms with E-state index in [0.29, 0.717) is 22.5 Å². The van der Waals surface area contributed by atoms with Gasteiger partial charge >= 0.3 is 0 Å². The Morgan fingerprint density at radius 3 is 2.88 bits per heavy atom. The van der Waals surface area contributed by atoms with Crippen LogP contribution in [0.25, 0.3) is 11.1 Å². The number of aryl methyl sites for hydroxylation is 1. The van der Waals surface area contributed by atoms with Crippen molar-refractivity contribution in [2.75, 3.05) is 0 Å². The largest absolute Gasteiger partial charge is 0.350 e. The van der Waals surface area contributed by atoms with Crippen molar-refractivity contribution in [2.45, 2.75) is 32.9 Å². The van der Waals surface area contributed by atoms with Crippen LogP contribution in [0.2, 0.25) is 5.02 Å². The Balaban J connectivity index is 1.86. The van der Waals surface area contributed by atoms with Crippen LogP contribution in [-0.4, -0.2) is 20.6 Å². The first-order chi connectivity index (χ1) is 12.0. The molecule has 0 bridgehead atoms. The van der Waals surface area contributed by atoms with E-state index < -0.39 is 6.04 Å². The summed E-state index contributed by atoms with van der Waals surface area (Å²) in [6.07, 6.45) is 1.75. The third kappa shape index (κ3) is 3.28. The van der Waals surface area contributed by atoms with Crippen molar-refractivity contribution in [1.82, 2.24) is 20.0 Å². The second-order valence-corrected chi connectivity index (χ2v) is 6.05. The maximum absolute atomic E-state index is 12.7. The second-order valence-electron chi connectivity index (χ2n) is 5.64. The van der Waals surface area contributed by atoms with Crippen molar-refractivity contribution in [2.24, 2.45) is 0 Å². The van der Waals surface area contributed by atoms with Crippen LogP contribution in [-0.2, 0) is 11.3 Å².